The Hall–Kier alpha value is -0.580. The largest absolute Gasteiger partial charge is 0.426 e. The maximum atomic E-state index is 11.4. The zero-order chi connectivity index (χ0) is 10.6. The van der Waals surface area contributed by atoms with Gasteiger partial charge in [-0.15, -0.1) is 0 Å². The van der Waals surface area contributed by atoms with Crippen LogP contribution in [0.25, 0.3) is 0 Å². The molecule has 0 aliphatic heterocycles. The minimum absolute atomic E-state index is 0.0331. The van der Waals surface area contributed by atoms with Crippen molar-refractivity contribution in [3.05, 3.63) is 27.8 Å². The van der Waals surface area contributed by atoms with Crippen molar-refractivity contribution < 1.29 is 9.53 Å². The first-order chi connectivity index (χ1) is 6.63. The Kier molecular flexibility index (Phi) is 4.38. The van der Waals surface area contributed by atoms with Gasteiger partial charge in [0.1, 0.15) is 5.75 Å². The highest BCUT2D eigenvalue weighted by Gasteiger charge is 2.12. The second kappa shape index (κ2) is 5.34. The zero-order valence-corrected chi connectivity index (χ0v) is 10.4. The third-order valence-corrected chi connectivity index (χ3v) is 2.77. The Morgan fingerprint density at radius 3 is 2.50 bits per heavy atom. The number of benzene rings is 1. The van der Waals surface area contributed by atoms with E-state index in [-0.39, 0.29) is 11.9 Å². The predicted octanol–water partition coefficient (Wildman–Crippen LogP) is 3.24. The van der Waals surface area contributed by atoms with E-state index in [0.717, 1.165) is 9.99 Å². The van der Waals surface area contributed by atoms with Gasteiger partial charge in [0.2, 0.25) is 0 Å². The third kappa shape index (κ3) is 3.29. The van der Waals surface area contributed by atoms with Crippen molar-refractivity contribution >= 4 is 28.6 Å². The molecule has 76 valence electrons. The maximum Gasteiger partial charge on any atom is 0.314 e. The SMILES string of the molecule is CCC(C)C(=O)Oc1ccc(I)cc1. The van der Waals surface area contributed by atoms with E-state index >= 15 is 0 Å². The third-order valence-electron chi connectivity index (χ3n) is 2.05. The van der Waals surface area contributed by atoms with Gasteiger partial charge in [0.05, 0.1) is 5.92 Å². The van der Waals surface area contributed by atoms with E-state index in [1.54, 1.807) is 0 Å². The molecule has 0 saturated heterocycles. The predicted molar refractivity (Wildman–Crippen MR) is 64.2 cm³/mol. The van der Waals surface area contributed by atoms with Crippen molar-refractivity contribution in [2.45, 2.75) is 20.3 Å². The van der Waals surface area contributed by atoms with Gasteiger partial charge < -0.3 is 4.74 Å². The zero-order valence-electron chi connectivity index (χ0n) is 8.29. The van der Waals surface area contributed by atoms with E-state index in [2.05, 4.69) is 22.6 Å². The molecule has 0 N–H and O–H groups in total. The molecule has 0 aliphatic carbocycles. The Morgan fingerprint density at radius 1 is 1.43 bits per heavy atom. The summed E-state index contributed by atoms with van der Waals surface area (Å²) < 4.78 is 6.31. The van der Waals surface area contributed by atoms with E-state index in [4.69, 9.17) is 4.74 Å². The van der Waals surface area contributed by atoms with Gasteiger partial charge >= 0.3 is 5.97 Å². The number of hydrogen-bond acceptors (Lipinski definition) is 2. The molecule has 0 radical (unpaired) electrons. The van der Waals surface area contributed by atoms with E-state index in [1.807, 2.05) is 38.1 Å². The molecular weight excluding hydrogens is 291 g/mol. The lowest BCUT2D eigenvalue weighted by Gasteiger charge is -2.08. The highest BCUT2D eigenvalue weighted by molar-refractivity contribution is 14.1. The van der Waals surface area contributed by atoms with Gasteiger partial charge in [-0.3, -0.25) is 4.79 Å². The summed E-state index contributed by atoms with van der Waals surface area (Å²) >= 11 is 2.21. The lowest BCUT2D eigenvalue weighted by Crippen LogP contribution is -2.16. The van der Waals surface area contributed by atoms with Gasteiger partial charge in [0.15, 0.2) is 0 Å². The number of hydrogen-bond donors (Lipinski definition) is 0. The van der Waals surface area contributed by atoms with Crippen molar-refractivity contribution in [1.29, 1.82) is 0 Å². The van der Waals surface area contributed by atoms with Crippen LogP contribution < -0.4 is 4.74 Å². The summed E-state index contributed by atoms with van der Waals surface area (Å²) in [7, 11) is 0. The first kappa shape index (κ1) is 11.5. The standard InChI is InChI=1S/C11H13IO2/c1-3-8(2)11(13)14-10-6-4-9(12)5-7-10/h4-8H,3H2,1-2H3. The molecule has 0 heterocycles. The summed E-state index contributed by atoms with van der Waals surface area (Å²) in [4.78, 5) is 11.4. The van der Waals surface area contributed by atoms with Crippen LogP contribution >= 0.6 is 22.6 Å². The summed E-state index contributed by atoms with van der Waals surface area (Å²) in [6, 6.07) is 7.45. The van der Waals surface area contributed by atoms with Gasteiger partial charge in [-0.1, -0.05) is 13.8 Å². The summed E-state index contributed by atoms with van der Waals surface area (Å²) in [6.45, 7) is 3.84. The number of carbonyl (C=O) groups is 1. The molecular formula is C11H13IO2. The molecule has 0 fully saturated rings. The highest BCUT2D eigenvalue weighted by atomic mass is 127. The van der Waals surface area contributed by atoms with Gasteiger partial charge in [0.25, 0.3) is 0 Å². The monoisotopic (exact) mass is 304 g/mol. The molecule has 3 heteroatoms. The fraction of sp³-hybridized carbons (Fsp3) is 0.364. The molecule has 0 spiro atoms. The quantitative estimate of drug-likeness (QED) is 0.487. The topological polar surface area (TPSA) is 26.3 Å². The first-order valence-corrected chi connectivity index (χ1v) is 5.68. The number of esters is 1. The summed E-state index contributed by atoms with van der Waals surface area (Å²) in [6.07, 6.45) is 0.809. The molecule has 0 aromatic heterocycles. The smallest absolute Gasteiger partial charge is 0.314 e. The number of carbonyl (C=O) groups excluding carboxylic acids is 1. The molecule has 1 aromatic carbocycles. The lowest BCUT2D eigenvalue weighted by molar-refractivity contribution is -0.138. The van der Waals surface area contributed by atoms with Crippen LogP contribution in [0.5, 0.6) is 5.75 Å². The van der Waals surface area contributed by atoms with Crippen LogP contribution in [0.1, 0.15) is 20.3 Å². The Morgan fingerprint density at radius 2 is 2.00 bits per heavy atom. The molecule has 0 bridgehead atoms. The second-order valence-corrected chi connectivity index (χ2v) is 4.43. The van der Waals surface area contributed by atoms with E-state index < -0.39 is 0 Å². The minimum Gasteiger partial charge on any atom is -0.426 e. The van der Waals surface area contributed by atoms with Crippen molar-refractivity contribution in [1.82, 2.24) is 0 Å². The van der Waals surface area contributed by atoms with Gasteiger partial charge in [-0.25, -0.2) is 0 Å². The molecule has 1 unspecified atom stereocenters. The van der Waals surface area contributed by atoms with Gasteiger partial charge in [0, 0.05) is 3.57 Å². The van der Waals surface area contributed by atoms with Crippen LogP contribution in [-0.4, -0.2) is 5.97 Å². The number of ether oxygens (including phenoxy) is 1. The molecule has 1 rings (SSSR count). The summed E-state index contributed by atoms with van der Waals surface area (Å²) in [5.74, 6) is 0.429. The van der Waals surface area contributed by atoms with Crippen LogP contribution in [0.4, 0.5) is 0 Å². The summed E-state index contributed by atoms with van der Waals surface area (Å²) in [5, 5.41) is 0. The van der Waals surface area contributed by atoms with E-state index in [0.29, 0.717) is 5.75 Å². The molecule has 1 atom stereocenters. The van der Waals surface area contributed by atoms with Crippen LogP contribution in [-0.2, 0) is 4.79 Å². The van der Waals surface area contributed by atoms with E-state index in [1.165, 1.54) is 0 Å². The molecule has 14 heavy (non-hydrogen) atoms. The van der Waals surface area contributed by atoms with Crippen molar-refractivity contribution in [3.8, 4) is 5.75 Å². The van der Waals surface area contributed by atoms with Crippen LogP contribution in [0, 0.1) is 9.49 Å². The molecule has 0 saturated carbocycles. The highest BCUT2D eigenvalue weighted by Crippen LogP contribution is 2.15. The lowest BCUT2D eigenvalue weighted by atomic mass is 10.1. The number of halogens is 1. The Balaban J connectivity index is 2.60. The van der Waals surface area contributed by atoms with Crippen LogP contribution in [0.3, 0.4) is 0 Å². The first-order valence-electron chi connectivity index (χ1n) is 4.60. The fourth-order valence-corrected chi connectivity index (χ4v) is 1.25. The number of rotatable bonds is 3. The fourth-order valence-electron chi connectivity index (χ4n) is 0.886. The van der Waals surface area contributed by atoms with Crippen molar-refractivity contribution in [2.75, 3.05) is 0 Å². The minimum atomic E-state index is -0.159. The second-order valence-electron chi connectivity index (χ2n) is 3.18. The average Bonchev–Trinajstić information content (AvgIpc) is 2.20. The van der Waals surface area contributed by atoms with Crippen LogP contribution in [0.15, 0.2) is 24.3 Å². The molecule has 0 amide bonds. The van der Waals surface area contributed by atoms with Gasteiger partial charge in [-0.2, -0.15) is 0 Å². The maximum absolute atomic E-state index is 11.4. The summed E-state index contributed by atoms with van der Waals surface area (Å²) in [5.41, 5.74) is 0. The molecule has 0 aliphatic rings. The van der Waals surface area contributed by atoms with E-state index in [9.17, 15) is 4.79 Å². The Labute approximate surface area is 97.8 Å². The average molecular weight is 304 g/mol. The Bertz CT molecular complexity index is 306. The van der Waals surface area contributed by atoms with Crippen molar-refractivity contribution in [2.24, 2.45) is 5.92 Å². The van der Waals surface area contributed by atoms with Crippen molar-refractivity contribution in [3.63, 3.8) is 0 Å². The normalized spacial score (nSPS) is 12.2. The molecule has 2 nitrogen and oxygen atoms in total. The molecule has 1 aromatic rings. The van der Waals surface area contributed by atoms with Gasteiger partial charge in [-0.05, 0) is 53.3 Å². The van der Waals surface area contributed by atoms with Crippen LogP contribution in [0.2, 0.25) is 0 Å².